The van der Waals surface area contributed by atoms with E-state index in [-0.39, 0.29) is 0 Å². The van der Waals surface area contributed by atoms with Crippen LogP contribution in [0.4, 0.5) is 50.4 Å². The molecule has 54 heavy (non-hydrogen) atoms. The quantitative estimate of drug-likeness (QED) is 0.112. The van der Waals surface area contributed by atoms with Crippen LogP contribution in [0, 0.1) is 0 Å². The fraction of sp³-hybridized carbons (Fsp3) is 0.500. The van der Waals surface area contributed by atoms with Crippen LogP contribution in [0.5, 0.6) is 0 Å². The molecule has 0 amide bonds. The zero-order valence-corrected chi connectivity index (χ0v) is 34.7. The van der Waals surface area contributed by atoms with E-state index in [1.54, 1.807) is 0 Å². The van der Waals surface area contributed by atoms with Crippen molar-refractivity contribution in [3.05, 3.63) is 48.5 Å². The number of benzene rings is 2. The van der Waals surface area contributed by atoms with Gasteiger partial charge >= 0.3 is 81.9 Å². The number of nitrogens with zero attached hydrogens (tertiary/aromatic N) is 12. The normalized spacial score (nSPS) is 15.5. The van der Waals surface area contributed by atoms with Crippen molar-refractivity contribution in [2.24, 2.45) is 0 Å². The topological polar surface area (TPSA) is 99.3 Å². The third-order valence-electron chi connectivity index (χ3n) is 6.14. The first kappa shape index (κ1) is 49.5. The summed E-state index contributed by atoms with van der Waals surface area (Å²) >= 11 is 0. The summed E-state index contributed by atoms with van der Waals surface area (Å²) in [6, 6.07) is 15.5. The van der Waals surface area contributed by atoms with Crippen LogP contribution >= 0.6 is 31.5 Å². The molecule has 4 aromatic rings. The first-order valence-corrected chi connectivity index (χ1v) is 21.9. The van der Waals surface area contributed by atoms with Crippen LogP contribution in [0.15, 0.2) is 48.5 Å². The molecule has 2 heterocycles. The number of halogens is 12. The van der Waals surface area contributed by atoms with Crippen molar-refractivity contribution in [3.63, 3.8) is 0 Å². The van der Waals surface area contributed by atoms with E-state index >= 15 is 0 Å². The molecule has 14 nitrogen and oxygen atoms in total. The van der Waals surface area contributed by atoms with Gasteiger partial charge in [0, 0.05) is 84.6 Å². The maximum atomic E-state index is 9.87. The molecule has 0 spiro atoms. The number of hydrogen-bond acceptors (Lipinski definition) is 12. The number of aromatic nitrogens is 6. The van der Waals surface area contributed by atoms with Crippen molar-refractivity contribution in [1.82, 2.24) is 58.3 Å². The van der Waals surface area contributed by atoms with Crippen LogP contribution < -0.4 is 9.25 Å². The Kier molecular flexibility index (Phi) is 14.1. The van der Waals surface area contributed by atoms with Crippen LogP contribution in [-0.4, -0.2) is 143 Å². The Hall–Kier alpha value is -2.52. The van der Waals surface area contributed by atoms with Crippen molar-refractivity contribution in [1.29, 1.82) is 0 Å². The number of fused-ring (bicyclic) bond motifs is 2. The van der Waals surface area contributed by atoms with Gasteiger partial charge in [-0.2, -0.15) is 9.25 Å². The van der Waals surface area contributed by atoms with Crippen LogP contribution in [0.2, 0.25) is 0 Å². The first-order chi connectivity index (χ1) is 23.7. The number of rotatable bonds is 10. The van der Waals surface area contributed by atoms with E-state index in [1.807, 2.05) is 133 Å². The minimum absolute atomic E-state index is 0.821. The predicted molar refractivity (Wildman–Crippen MR) is 191 cm³/mol. The second-order valence-corrected chi connectivity index (χ2v) is 23.1. The molecule has 0 saturated heterocycles. The van der Waals surface area contributed by atoms with Crippen LogP contribution in [-0.2, 0) is 0 Å². The van der Waals surface area contributed by atoms with Gasteiger partial charge in [0.1, 0.15) is 22.1 Å². The van der Waals surface area contributed by atoms with Gasteiger partial charge in [0.15, 0.2) is 0 Å². The van der Waals surface area contributed by atoms with Gasteiger partial charge in [0.2, 0.25) is 0 Å². The Bertz CT molecular complexity index is 1630. The Morgan fingerprint density at radius 2 is 0.630 bits per heavy atom. The summed E-state index contributed by atoms with van der Waals surface area (Å²) in [7, 11) is -1.52. The number of para-hydroxylation sites is 2. The van der Waals surface area contributed by atoms with Gasteiger partial charge in [-0.05, 0) is 44.4 Å². The molecular weight excluding hydrogens is 840 g/mol. The molecule has 0 radical (unpaired) electrons. The van der Waals surface area contributed by atoms with Gasteiger partial charge < -0.3 is 0 Å². The Labute approximate surface area is 304 Å². The molecule has 2 aromatic heterocycles. The molecule has 0 aliphatic carbocycles. The molecular formula is C24H44F12N12O2P4. The van der Waals surface area contributed by atoms with Crippen molar-refractivity contribution < 1.29 is 59.6 Å². The molecule has 0 aliphatic rings. The van der Waals surface area contributed by atoms with E-state index in [2.05, 4.69) is 48.6 Å². The van der Waals surface area contributed by atoms with Gasteiger partial charge in [-0.15, -0.1) is 38.2 Å². The van der Waals surface area contributed by atoms with E-state index in [1.165, 1.54) is 9.69 Å². The molecule has 0 aliphatic heterocycles. The van der Waals surface area contributed by atoms with Gasteiger partial charge in [-0.3, -0.25) is 0 Å². The third kappa shape index (κ3) is 16.7. The fourth-order valence-electron chi connectivity index (χ4n) is 4.61. The number of hydrogen-bond donors (Lipinski definition) is 0. The molecule has 0 bridgehead atoms. The molecule has 316 valence electrons. The Morgan fingerprint density at radius 1 is 0.426 bits per heavy atom. The molecule has 2 aromatic carbocycles. The summed E-state index contributed by atoms with van der Waals surface area (Å²) in [5, 5.41) is 16.5. The summed E-state index contributed by atoms with van der Waals surface area (Å²) in [6.45, 7) is 0. The predicted octanol–water partition coefficient (Wildman–Crippen LogP) is 9.21. The van der Waals surface area contributed by atoms with Gasteiger partial charge in [-0.25, -0.2) is 0 Å². The fourth-order valence-corrected chi connectivity index (χ4v) is 10.4. The van der Waals surface area contributed by atoms with Crippen LogP contribution in [0.25, 0.3) is 22.1 Å². The molecule has 0 atom stereocenters. The SMILES string of the molecule is CN(C)[P+](On1nnc2ccccc21)(N(C)C)N(C)C.CN(C)[P+](On1nnc2ccccc21)(N(C)C)N(C)C.F[P-](F)(F)(F)(F)F.F[P-](F)(F)(F)(F)F. The zero-order valence-electron chi connectivity index (χ0n) is 31.1. The summed E-state index contributed by atoms with van der Waals surface area (Å²) in [6.07, 6.45) is 0. The van der Waals surface area contributed by atoms with Crippen molar-refractivity contribution in [3.8, 4) is 0 Å². The molecule has 0 N–H and O–H groups in total. The summed E-state index contributed by atoms with van der Waals surface area (Å²) < 4.78 is 143. The monoisotopic (exact) mass is 884 g/mol. The summed E-state index contributed by atoms with van der Waals surface area (Å²) in [5.74, 6) is 0. The summed E-state index contributed by atoms with van der Waals surface area (Å²) in [4.78, 5) is 3.03. The Morgan fingerprint density at radius 3 is 0.833 bits per heavy atom. The second kappa shape index (κ2) is 15.4. The third-order valence-corrected chi connectivity index (χ3v) is 13.1. The zero-order chi connectivity index (χ0) is 42.6. The molecule has 4 rings (SSSR count). The van der Waals surface area contributed by atoms with E-state index in [9.17, 15) is 50.4 Å². The van der Waals surface area contributed by atoms with E-state index in [0.717, 1.165) is 22.1 Å². The molecule has 0 fully saturated rings. The first-order valence-electron chi connectivity index (χ1n) is 14.7. The van der Waals surface area contributed by atoms with Gasteiger partial charge in [-0.1, -0.05) is 24.3 Å². The molecule has 0 unspecified atom stereocenters. The molecule has 0 saturated carbocycles. The average molecular weight is 885 g/mol. The van der Waals surface area contributed by atoms with Crippen LogP contribution in [0.3, 0.4) is 0 Å². The molecule has 30 heteroatoms. The van der Waals surface area contributed by atoms with Crippen LogP contribution in [0.1, 0.15) is 0 Å². The van der Waals surface area contributed by atoms with Crippen molar-refractivity contribution >= 4 is 53.6 Å². The van der Waals surface area contributed by atoms with Crippen molar-refractivity contribution in [2.75, 3.05) is 84.6 Å². The van der Waals surface area contributed by atoms with E-state index in [0.29, 0.717) is 0 Å². The second-order valence-electron chi connectivity index (χ2n) is 12.1. The van der Waals surface area contributed by atoms with Crippen molar-refractivity contribution in [2.45, 2.75) is 0 Å². The maximum absolute atomic E-state index is 10.7. The van der Waals surface area contributed by atoms with E-state index < -0.39 is 31.5 Å². The average Bonchev–Trinajstić information content (AvgIpc) is 3.54. The summed E-state index contributed by atoms with van der Waals surface area (Å²) in [5.41, 5.74) is 3.37. The standard InChI is InChI=1S/2C12H22N6OP.2F6P/c2*1-15(2)20(16(3)4,17(5)6)19-18-12-10-8-7-9-11(12)13-14-18;2*1-7(2,3,4,5)6/h2*7-10H,1-6H3;;/q2*+1;2*-1. The van der Waals surface area contributed by atoms with Gasteiger partial charge in [0.25, 0.3) is 0 Å². The van der Waals surface area contributed by atoms with Gasteiger partial charge in [0.05, 0.1) is 0 Å². The minimum atomic E-state index is -10.7. The Balaban J connectivity index is 0.000000402. The van der Waals surface area contributed by atoms with E-state index in [4.69, 9.17) is 9.25 Å².